The first-order chi connectivity index (χ1) is 17.4. The Labute approximate surface area is 218 Å². The summed E-state index contributed by atoms with van der Waals surface area (Å²) in [5.41, 5.74) is 7.07. The van der Waals surface area contributed by atoms with Gasteiger partial charge in [0, 0.05) is 25.1 Å². The Morgan fingerprint density at radius 1 is 1.19 bits per heavy atom. The number of aryl methyl sites for hydroxylation is 1. The third-order valence-electron chi connectivity index (χ3n) is 5.52. The zero-order chi connectivity index (χ0) is 27.0. The maximum Gasteiger partial charge on any atom is 0.432 e. The number of nitrogens with zero attached hydrogens (tertiary/aromatic N) is 2. The predicted molar refractivity (Wildman–Crippen MR) is 140 cm³/mol. The lowest BCUT2D eigenvalue weighted by atomic mass is 10.0. The summed E-state index contributed by atoms with van der Waals surface area (Å²) in [4.78, 5) is 14.5. The van der Waals surface area contributed by atoms with Crippen molar-refractivity contribution in [2.45, 2.75) is 23.2 Å². The third-order valence-corrected chi connectivity index (χ3v) is 9.48. The molecule has 0 saturated carbocycles. The first-order valence-electron chi connectivity index (χ1n) is 10.7. The highest BCUT2D eigenvalue weighted by Crippen LogP contribution is 2.34. The lowest BCUT2D eigenvalue weighted by Gasteiger charge is -2.07. The van der Waals surface area contributed by atoms with Crippen molar-refractivity contribution in [3.8, 4) is 11.1 Å². The number of aliphatic carboxylic acids is 1. The van der Waals surface area contributed by atoms with Crippen molar-refractivity contribution in [3.05, 3.63) is 69.9 Å². The molecular weight excluding hydrogens is 547 g/mol. The molecule has 4 rings (SSSR count). The van der Waals surface area contributed by atoms with Crippen molar-refractivity contribution in [2.24, 2.45) is 10.7 Å². The van der Waals surface area contributed by atoms with E-state index in [4.69, 9.17) is 10.8 Å². The minimum Gasteiger partial charge on any atom is -0.481 e. The van der Waals surface area contributed by atoms with E-state index in [1.165, 1.54) is 29.7 Å². The van der Waals surface area contributed by atoms with E-state index in [2.05, 4.69) is 4.99 Å². The van der Waals surface area contributed by atoms with Crippen LogP contribution in [-0.2, 0) is 21.2 Å². The monoisotopic (exact) mass is 567 g/mol. The van der Waals surface area contributed by atoms with Crippen LogP contribution < -0.4 is 5.73 Å². The second-order valence-electron chi connectivity index (χ2n) is 7.92. The molecule has 7 nitrogen and oxygen atoms in total. The number of carbonyl (C=O) groups is 1. The minimum absolute atomic E-state index is 0.114. The SMILES string of the molecule is CN=C(C=C(N)c1ccc(S(=O)(=O)n2cc(CCC(=O)O)c3cc(-c4ccsc4)ccc32)s1)C(F)(F)F. The number of rotatable bonds is 8. The Hall–Kier alpha value is -3.42. The van der Waals surface area contributed by atoms with E-state index in [-0.39, 0.29) is 27.6 Å². The van der Waals surface area contributed by atoms with Crippen molar-refractivity contribution < 1.29 is 31.5 Å². The van der Waals surface area contributed by atoms with Gasteiger partial charge in [-0.05, 0) is 70.3 Å². The summed E-state index contributed by atoms with van der Waals surface area (Å²) < 4.78 is 67.2. The third kappa shape index (κ3) is 5.48. The van der Waals surface area contributed by atoms with Gasteiger partial charge < -0.3 is 10.8 Å². The Morgan fingerprint density at radius 2 is 1.95 bits per heavy atom. The summed E-state index contributed by atoms with van der Waals surface area (Å²) in [6.45, 7) is 0. The minimum atomic E-state index is -4.70. The van der Waals surface area contributed by atoms with Crippen molar-refractivity contribution in [1.82, 2.24) is 3.97 Å². The van der Waals surface area contributed by atoms with Crippen LogP contribution >= 0.6 is 22.7 Å². The van der Waals surface area contributed by atoms with Gasteiger partial charge in [0.2, 0.25) is 0 Å². The van der Waals surface area contributed by atoms with E-state index < -0.39 is 27.9 Å². The summed E-state index contributed by atoms with van der Waals surface area (Å²) in [5, 5.41) is 13.6. The topological polar surface area (TPSA) is 115 Å². The first kappa shape index (κ1) is 26.6. The molecule has 1 aromatic carbocycles. The van der Waals surface area contributed by atoms with Crippen LogP contribution in [0.5, 0.6) is 0 Å². The molecule has 0 amide bonds. The molecule has 194 valence electrons. The van der Waals surface area contributed by atoms with Crippen LogP contribution in [0.1, 0.15) is 16.9 Å². The molecule has 3 aromatic heterocycles. The highest BCUT2D eigenvalue weighted by Gasteiger charge is 2.34. The van der Waals surface area contributed by atoms with Crippen molar-refractivity contribution in [2.75, 3.05) is 7.05 Å². The number of carboxylic acid groups (broad SMARTS) is 1. The molecule has 13 heteroatoms. The van der Waals surface area contributed by atoms with E-state index in [1.807, 2.05) is 22.9 Å². The van der Waals surface area contributed by atoms with Crippen LogP contribution in [0.2, 0.25) is 0 Å². The summed E-state index contributed by atoms with van der Waals surface area (Å²) >= 11 is 2.24. The van der Waals surface area contributed by atoms with Gasteiger partial charge in [-0.2, -0.15) is 32.9 Å². The number of benzene rings is 1. The second kappa shape index (κ2) is 10.1. The average molecular weight is 568 g/mol. The number of hydrogen-bond donors (Lipinski definition) is 2. The molecule has 0 atom stereocenters. The van der Waals surface area contributed by atoms with Crippen LogP contribution in [0, 0.1) is 0 Å². The maximum absolute atomic E-state index is 13.6. The molecule has 0 fully saturated rings. The van der Waals surface area contributed by atoms with Gasteiger partial charge in [-0.1, -0.05) is 6.07 Å². The molecule has 0 aliphatic heterocycles. The predicted octanol–water partition coefficient (Wildman–Crippen LogP) is 5.62. The average Bonchev–Trinajstić information content (AvgIpc) is 3.59. The fraction of sp³-hybridized carbons (Fsp3) is 0.167. The number of fused-ring (bicyclic) bond motifs is 1. The number of nitrogens with two attached hydrogens (primary N) is 1. The molecular formula is C24H20F3N3O4S3. The van der Waals surface area contributed by atoms with Crippen LogP contribution in [0.15, 0.2) is 68.6 Å². The first-order valence-corrected chi connectivity index (χ1v) is 13.9. The van der Waals surface area contributed by atoms with E-state index in [0.717, 1.165) is 33.5 Å². The lowest BCUT2D eigenvalue weighted by Crippen LogP contribution is -2.21. The molecule has 0 bridgehead atoms. The fourth-order valence-corrected chi connectivity index (χ4v) is 7.10. The smallest absolute Gasteiger partial charge is 0.432 e. The summed E-state index contributed by atoms with van der Waals surface area (Å²) in [5.74, 6) is -1.02. The number of aromatic nitrogens is 1. The van der Waals surface area contributed by atoms with Crippen molar-refractivity contribution in [1.29, 1.82) is 0 Å². The quantitative estimate of drug-likeness (QED) is 0.268. The number of halogens is 3. The van der Waals surface area contributed by atoms with E-state index in [1.54, 1.807) is 12.1 Å². The number of hydrogen-bond acceptors (Lipinski definition) is 7. The highest BCUT2D eigenvalue weighted by molar-refractivity contribution is 7.92. The van der Waals surface area contributed by atoms with Crippen LogP contribution in [0.4, 0.5) is 13.2 Å². The van der Waals surface area contributed by atoms with E-state index in [0.29, 0.717) is 22.5 Å². The number of aliphatic imine (C=N–C) groups is 1. The van der Waals surface area contributed by atoms with Gasteiger partial charge in [0.1, 0.15) is 9.92 Å². The van der Waals surface area contributed by atoms with Gasteiger partial charge in [0.15, 0.2) is 0 Å². The summed E-state index contributed by atoms with van der Waals surface area (Å²) in [7, 11) is -3.18. The lowest BCUT2D eigenvalue weighted by molar-refractivity contribution is -0.136. The molecule has 4 aromatic rings. The largest absolute Gasteiger partial charge is 0.481 e. The standard InChI is InChI=1S/C24H20F3N3O4S3/c1-29-21(24(25,26)27)11-18(28)20-5-7-23(36-20)37(33,34)30-12-15(3-6-22(31)32)17-10-14(2-4-19(17)30)16-8-9-35-13-16/h2,4-5,7-13H,3,6,28H2,1H3,(H,31,32). The van der Waals surface area contributed by atoms with Crippen molar-refractivity contribution in [3.63, 3.8) is 0 Å². The molecule has 0 unspecified atom stereocenters. The number of carboxylic acids is 1. The van der Waals surface area contributed by atoms with Gasteiger partial charge in [-0.15, -0.1) is 11.3 Å². The molecule has 0 aliphatic rings. The molecule has 3 N–H and O–H groups in total. The van der Waals surface area contributed by atoms with Crippen LogP contribution in [0.25, 0.3) is 27.7 Å². The Morgan fingerprint density at radius 3 is 2.57 bits per heavy atom. The van der Waals surface area contributed by atoms with Crippen LogP contribution in [0.3, 0.4) is 0 Å². The number of alkyl halides is 3. The zero-order valence-corrected chi connectivity index (χ0v) is 21.6. The van der Waals surface area contributed by atoms with Crippen LogP contribution in [-0.4, -0.2) is 42.4 Å². The van der Waals surface area contributed by atoms with Gasteiger partial charge in [-0.25, -0.2) is 3.97 Å². The zero-order valence-electron chi connectivity index (χ0n) is 19.2. The number of thiophene rings is 2. The maximum atomic E-state index is 13.6. The van der Waals surface area contributed by atoms with Gasteiger partial charge in [-0.3, -0.25) is 9.79 Å². The summed E-state index contributed by atoms with van der Waals surface area (Å²) in [6, 6.07) is 9.79. The molecule has 0 saturated heterocycles. The van der Waals surface area contributed by atoms with Crippen molar-refractivity contribution >= 4 is 61.0 Å². The molecule has 37 heavy (non-hydrogen) atoms. The Kier molecular flexibility index (Phi) is 7.31. The molecule has 3 heterocycles. The highest BCUT2D eigenvalue weighted by atomic mass is 32.2. The Balaban J connectivity index is 1.78. The number of allylic oxidation sites excluding steroid dienone is 1. The van der Waals surface area contributed by atoms with Gasteiger partial charge >= 0.3 is 12.1 Å². The van der Waals surface area contributed by atoms with Gasteiger partial charge in [0.25, 0.3) is 10.0 Å². The van der Waals surface area contributed by atoms with E-state index >= 15 is 0 Å². The fourth-order valence-electron chi connectivity index (χ4n) is 3.72. The second-order valence-corrected chi connectivity index (χ2v) is 11.8. The summed E-state index contributed by atoms with van der Waals surface area (Å²) in [6.07, 6.45) is -2.73. The normalized spacial score (nSPS) is 13.4. The molecule has 0 spiro atoms. The molecule has 0 radical (unpaired) electrons. The van der Waals surface area contributed by atoms with E-state index in [9.17, 15) is 26.4 Å². The van der Waals surface area contributed by atoms with Gasteiger partial charge in [0.05, 0.1) is 16.1 Å². The molecule has 0 aliphatic carbocycles. The Bertz CT molecular complexity index is 1630.